The molecule has 2 atom stereocenters. The minimum absolute atomic E-state index is 0.177. The van der Waals surface area contributed by atoms with Gasteiger partial charge < -0.3 is 9.47 Å². The number of hydrogen-bond donors (Lipinski definition) is 0. The highest BCUT2D eigenvalue weighted by molar-refractivity contribution is 6.11. The molecule has 0 amide bonds. The first kappa shape index (κ1) is 18.0. The van der Waals surface area contributed by atoms with Gasteiger partial charge in [0, 0.05) is 0 Å². The molecule has 0 fully saturated rings. The largest absolute Gasteiger partial charge is 0.438 e. The third-order valence-electron chi connectivity index (χ3n) is 3.29. The van der Waals surface area contributed by atoms with Crippen LogP contribution in [-0.2, 0) is 19.1 Å². The zero-order valence-electron chi connectivity index (χ0n) is 12.3. The number of unbranched alkanes of at least 4 members (excludes halogenated alkanes) is 3. The quantitative estimate of drug-likeness (QED) is 0.190. The Morgan fingerprint density at radius 2 is 1.89 bits per heavy atom. The van der Waals surface area contributed by atoms with Gasteiger partial charge in [0.15, 0.2) is 14.0 Å². The van der Waals surface area contributed by atoms with E-state index in [2.05, 4.69) is 11.7 Å². The summed E-state index contributed by atoms with van der Waals surface area (Å²) in [7, 11) is 5.36. The predicted molar refractivity (Wildman–Crippen MR) is 74.6 cm³/mol. The van der Waals surface area contributed by atoms with Crippen molar-refractivity contribution in [2.75, 3.05) is 0 Å². The van der Waals surface area contributed by atoms with Gasteiger partial charge in [-0.3, -0.25) is 9.59 Å². The van der Waals surface area contributed by atoms with Crippen molar-refractivity contribution in [2.45, 2.75) is 71.9 Å². The molecule has 0 saturated heterocycles. The predicted octanol–water partition coefficient (Wildman–Crippen LogP) is 2.93. The number of carbonyl (C=O) groups is 2. The lowest BCUT2D eigenvalue weighted by Crippen LogP contribution is -2.34. The normalized spacial score (nSPS) is 15.3. The monoisotopic (exact) mass is 268 g/mol. The Morgan fingerprint density at radius 1 is 1.21 bits per heavy atom. The third-order valence-corrected chi connectivity index (χ3v) is 3.29. The average Bonchev–Trinajstić information content (AvgIpc) is 2.35. The van der Waals surface area contributed by atoms with E-state index >= 15 is 0 Å². The number of carbonyl (C=O) groups excluding carboxylic acids is 2. The Labute approximate surface area is 117 Å². The minimum Gasteiger partial charge on any atom is -0.438 e. The van der Waals surface area contributed by atoms with Crippen LogP contribution in [0.15, 0.2) is 0 Å². The second kappa shape index (κ2) is 9.87. The van der Waals surface area contributed by atoms with E-state index in [1.54, 1.807) is 0 Å². The van der Waals surface area contributed by atoms with Crippen LogP contribution in [0.5, 0.6) is 0 Å². The summed E-state index contributed by atoms with van der Waals surface area (Å²) in [5.74, 6) is -0.389. The highest BCUT2D eigenvalue weighted by atomic mass is 16.7. The molecule has 0 aliphatic rings. The first-order valence-electron chi connectivity index (χ1n) is 7.06. The maximum atomic E-state index is 12.1. The molecule has 0 saturated carbocycles. The lowest BCUT2D eigenvalue weighted by atomic mass is 9.80. The van der Waals surface area contributed by atoms with Gasteiger partial charge in [-0.1, -0.05) is 46.0 Å². The molecule has 0 aliphatic heterocycles. The van der Waals surface area contributed by atoms with E-state index < -0.39 is 11.6 Å². The van der Waals surface area contributed by atoms with Gasteiger partial charge in [0.1, 0.15) is 0 Å². The number of hydrogen-bond acceptors (Lipinski definition) is 4. The van der Waals surface area contributed by atoms with Crippen molar-refractivity contribution in [1.82, 2.24) is 0 Å². The van der Waals surface area contributed by atoms with Gasteiger partial charge in [-0.25, -0.2) is 0 Å². The second-order valence-electron chi connectivity index (χ2n) is 5.13. The molecule has 19 heavy (non-hydrogen) atoms. The van der Waals surface area contributed by atoms with Gasteiger partial charge in [-0.05, 0) is 19.8 Å². The molecule has 0 heterocycles. The summed E-state index contributed by atoms with van der Waals surface area (Å²) in [6.07, 6.45) is 5.53. The molecule has 4 nitrogen and oxygen atoms in total. The lowest BCUT2D eigenvalue weighted by molar-refractivity contribution is -0.176. The molecular formula is C14H25BO4. The molecule has 5 heteroatoms. The van der Waals surface area contributed by atoms with Crippen molar-refractivity contribution in [1.29, 1.82) is 0 Å². The van der Waals surface area contributed by atoms with Gasteiger partial charge >= 0.3 is 5.97 Å². The van der Waals surface area contributed by atoms with Gasteiger partial charge in [0.25, 0.3) is 6.47 Å². The zero-order chi connectivity index (χ0) is 14.7. The summed E-state index contributed by atoms with van der Waals surface area (Å²) < 4.78 is 9.33. The van der Waals surface area contributed by atoms with Crippen LogP contribution >= 0.6 is 0 Å². The van der Waals surface area contributed by atoms with Gasteiger partial charge in [0.05, 0.1) is 5.41 Å². The van der Waals surface area contributed by atoms with Crippen LogP contribution in [0.2, 0.25) is 0 Å². The first-order valence-corrected chi connectivity index (χ1v) is 7.06. The highest BCUT2D eigenvalue weighted by Gasteiger charge is 2.34. The van der Waals surface area contributed by atoms with Crippen LogP contribution < -0.4 is 0 Å². The molecule has 0 spiro atoms. The second-order valence-corrected chi connectivity index (χ2v) is 5.13. The lowest BCUT2D eigenvalue weighted by Gasteiger charge is -2.28. The van der Waals surface area contributed by atoms with Crippen molar-refractivity contribution >= 4 is 20.3 Å². The van der Waals surface area contributed by atoms with E-state index in [1.165, 1.54) is 6.42 Å². The molecule has 0 rings (SSSR count). The van der Waals surface area contributed by atoms with Crippen LogP contribution in [0, 0.1) is 5.41 Å². The Kier molecular flexibility index (Phi) is 9.36. The minimum atomic E-state index is -1.31. The Balaban J connectivity index is 4.39. The Bertz CT molecular complexity index is 270. The zero-order valence-corrected chi connectivity index (χ0v) is 12.3. The summed E-state index contributed by atoms with van der Waals surface area (Å²) in [5.41, 5.74) is -0.549. The fraction of sp³-hybridized carbons (Fsp3) is 0.857. The van der Waals surface area contributed by atoms with E-state index in [9.17, 15) is 9.59 Å². The van der Waals surface area contributed by atoms with Gasteiger partial charge in [-0.15, -0.1) is 0 Å². The first-order chi connectivity index (χ1) is 9.00. The van der Waals surface area contributed by atoms with Crippen LogP contribution in [0.1, 0.15) is 65.7 Å². The highest BCUT2D eigenvalue weighted by Crippen LogP contribution is 2.32. The smallest absolute Gasteiger partial charge is 0.314 e. The number of rotatable bonds is 11. The summed E-state index contributed by atoms with van der Waals surface area (Å²) in [6.45, 7) is 6.24. The summed E-state index contributed by atoms with van der Waals surface area (Å²) >= 11 is 0. The molecule has 0 aliphatic carbocycles. The summed E-state index contributed by atoms with van der Waals surface area (Å²) in [4.78, 5) is 22.2. The average molecular weight is 268 g/mol. The SMILES string of the molecule is [B]C(OC=O)OC(=O)C(C)(CCC)CCCCCC. The van der Waals surface area contributed by atoms with Crippen molar-refractivity contribution in [2.24, 2.45) is 5.41 Å². The van der Waals surface area contributed by atoms with Crippen LogP contribution in [-0.4, -0.2) is 26.5 Å². The molecule has 0 aromatic carbocycles. The topological polar surface area (TPSA) is 52.6 Å². The fourth-order valence-electron chi connectivity index (χ4n) is 2.15. The maximum Gasteiger partial charge on any atom is 0.314 e. The molecule has 2 unspecified atom stereocenters. The summed E-state index contributed by atoms with van der Waals surface area (Å²) in [5, 5.41) is 0. The fourth-order valence-corrected chi connectivity index (χ4v) is 2.15. The maximum absolute atomic E-state index is 12.1. The molecule has 0 bridgehead atoms. The molecular weight excluding hydrogens is 243 g/mol. The van der Waals surface area contributed by atoms with Gasteiger partial charge in [-0.2, -0.15) is 0 Å². The standard InChI is InChI=1S/C14H25BO4/c1-4-6-7-8-10-14(3,9-5-2)12(17)19-13(15)18-11-16/h11,13H,4-10H2,1-3H3. The van der Waals surface area contributed by atoms with Crippen LogP contribution in [0.4, 0.5) is 0 Å². The molecule has 2 radical (unpaired) electrons. The van der Waals surface area contributed by atoms with Crippen molar-refractivity contribution in [3.63, 3.8) is 0 Å². The van der Waals surface area contributed by atoms with Crippen molar-refractivity contribution < 1.29 is 19.1 Å². The van der Waals surface area contributed by atoms with E-state index in [1.807, 2.05) is 13.8 Å². The molecule has 0 aromatic rings. The summed E-state index contributed by atoms with van der Waals surface area (Å²) in [6, 6.07) is 0. The van der Waals surface area contributed by atoms with E-state index in [4.69, 9.17) is 12.6 Å². The number of esters is 1. The third kappa shape index (κ3) is 7.23. The Morgan fingerprint density at radius 3 is 2.42 bits per heavy atom. The van der Waals surface area contributed by atoms with E-state index in [-0.39, 0.29) is 12.4 Å². The van der Waals surface area contributed by atoms with E-state index in [0.29, 0.717) is 0 Å². The molecule has 0 aromatic heterocycles. The molecule has 108 valence electrons. The van der Waals surface area contributed by atoms with E-state index in [0.717, 1.165) is 38.5 Å². The van der Waals surface area contributed by atoms with Crippen LogP contribution in [0.3, 0.4) is 0 Å². The van der Waals surface area contributed by atoms with Crippen molar-refractivity contribution in [3.05, 3.63) is 0 Å². The number of ether oxygens (including phenoxy) is 2. The Hall–Kier alpha value is -0.995. The molecule has 0 N–H and O–H groups in total. The van der Waals surface area contributed by atoms with Gasteiger partial charge in [0.2, 0.25) is 0 Å². The van der Waals surface area contributed by atoms with Crippen molar-refractivity contribution in [3.8, 4) is 0 Å². The van der Waals surface area contributed by atoms with Crippen LogP contribution in [0.25, 0.3) is 0 Å².